The molecule has 2 aromatic rings. The summed E-state index contributed by atoms with van der Waals surface area (Å²) < 4.78 is 54.9. The summed E-state index contributed by atoms with van der Waals surface area (Å²) in [5, 5.41) is 3.68. The van der Waals surface area contributed by atoms with Crippen LogP contribution in [0.4, 0.5) is 13.2 Å². The van der Waals surface area contributed by atoms with Gasteiger partial charge in [0.15, 0.2) is 6.10 Å². The van der Waals surface area contributed by atoms with E-state index in [1.54, 1.807) is 38.1 Å². The number of carbonyl (C=O) groups excluding carboxylic acids is 1. The van der Waals surface area contributed by atoms with Crippen LogP contribution in [0.5, 0.6) is 5.75 Å². The lowest BCUT2D eigenvalue weighted by Gasteiger charge is -2.15. The van der Waals surface area contributed by atoms with Crippen molar-refractivity contribution in [3.8, 4) is 5.75 Å². The van der Waals surface area contributed by atoms with Crippen molar-refractivity contribution >= 4 is 5.97 Å². The maximum absolute atomic E-state index is 12.6. The van der Waals surface area contributed by atoms with Crippen LogP contribution in [0.15, 0.2) is 36.5 Å². The first-order valence-electron chi connectivity index (χ1n) is 8.39. The summed E-state index contributed by atoms with van der Waals surface area (Å²) in [6.07, 6.45) is -3.82. The Hall–Kier alpha value is -2.55. The molecular weight excluding hydrogens is 365 g/mol. The van der Waals surface area contributed by atoms with Crippen LogP contribution in [0.1, 0.15) is 25.1 Å². The number of hydrogen-bond acceptors (Lipinski definition) is 5. The summed E-state index contributed by atoms with van der Waals surface area (Å²) in [7, 11) is 0. The predicted octanol–water partition coefficient (Wildman–Crippen LogP) is 3.20. The van der Waals surface area contributed by atoms with Crippen molar-refractivity contribution in [2.75, 3.05) is 6.61 Å². The van der Waals surface area contributed by atoms with Gasteiger partial charge in [-0.15, -0.1) is 0 Å². The number of rotatable bonds is 7. The zero-order valence-electron chi connectivity index (χ0n) is 14.8. The van der Waals surface area contributed by atoms with Crippen LogP contribution in [0, 0.1) is 0 Å². The van der Waals surface area contributed by atoms with E-state index in [0.29, 0.717) is 11.3 Å². The van der Waals surface area contributed by atoms with Crippen molar-refractivity contribution in [3.63, 3.8) is 0 Å². The molecule has 1 aliphatic heterocycles. The molecule has 0 spiro atoms. The maximum atomic E-state index is 12.6. The highest BCUT2D eigenvalue weighted by atomic mass is 19.4. The van der Waals surface area contributed by atoms with E-state index >= 15 is 0 Å². The Morgan fingerprint density at radius 2 is 2.07 bits per heavy atom. The van der Waals surface area contributed by atoms with Crippen LogP contribution < -0.4 is 4.74 Å². The number of carbonyl (C=O) groups is 1. The Labute approximate surface area is 153 Å². The fourth-order valence-corrected chi connectivity index (χ4v) is 2.86. The monoisotopic (exact) mass is 384 g/mol. The summed E-state index contributed by atoms with van der Waals surface area (Å²) in [6.45, 7) is 2.40. The molecule has 0 N–H and O–H groups in total. The third kappa shape index (κ3) is 4.24. The molecule has 1 fully saturated rings. The van der Waals surface area contributed by atoms with E-state index in [9.17, 15) is 18.0 Å². The first-order chi connectivity index (χ1) is 12.7. The minimum Gasteiger partial charge on any atom is -0.487 e. The Balaban J connectivity index is 1.73. The Morgan fingerprint density at radius 3 is 2.78 bits per heavy atom. The highest BCUT2D eigenvalue weighted by Gasteiger charge is 2.60. The first kappa shape index (κ1) is 19.2. The summed E-state index contributed by atoms with van der Waals surface area (Å²) in [4.78, 5) is 11.9. The molecule has 0 saturated carbocycles. The van der Waals surface area contributed by atoms with Gasteiger partial charge in [-0.1, -0.05) is 18.2 Å². The molecule has 2 unspecified atom stereocenters. The average Bonchev–Trinajstić information content (AvgIpc) is 3.12. The quantitative estimate of drug-likeness (QED) is 0.542. The molecule has 1 aromatic carbocycles. The zero-order chi connectivity index (χ0) is 19.7. The molecule has 3 rings (SSSR count). The highest BCUT2D eigenvalue weighted by Crippen LogP contribution is 2.49. The number of para-hydroxylation sites is 1. The zero-order valence-corrected chi connectivity index (χ0v) is 14.8. The molecule has 27 heavy (non-hydrogen) atoms. The van der Waals surface area contributed by atoms with E-state index < -0.39 is 30.4 Å². The fraction of sp³-hybridized carbons (Fsp3) is 0.444. The van der Waals surface area contributed by atoms with E-state index in [1.165, 1.54) is 12.3 Å². The molecule has 9 heteroatoms. The van der Waals surface area contributed by atoms with Crippen molar-refractivity contribution in [2.24, 2.45) is 0 Å². The smallest absolute Gasteiger partial charge is 0.408 e. The number of alkyl halides is 3. The first-order valence-corrected chi connectivity index (χ1v) is 8.39. The molecule has 2 heterocycles. The van der Waals surface area contributed by atoms with E-state index in [-0.39, 0.29) is 18.9 Å². The second-order valence-corrected chi connectivity index (χ2v) is 6.24. The van der Waals surface area contributed by atoms with Crippen LogP contribution in [-0.2, 0) is 33.0 Å². The second kappa shape index (κ2) is 7.22. The number of nitrogens with zero attached hydrogens (tertiary/aromatic N) is 2. The van der Waals surface area contributed by atoms with Crippen LogP contribution in [0.2, 0.25) is 0 Å². The van der Waals surface area contributed by atoms with E-state index in [0.717, 1.165) is 4.68 Å². The molecule has 146 valence electrons. The highest BCUT2D eigenvalue weighted by molar-refractivity contribution is 5.80. The third-order valence-corrected chi connectivity index (χ3v) is 4.24. The van der Waals surface area contributed by atoms with Gasteiger partial charge in [0, 0.05) is 11.8 Å². The summed E-state index contributed by atoms with van der Waals surface area (Å²) in [5.74, 6) is -0.0374. The molecule has 0 aliphatic carbocycles. The fourth-order valence-electron chi connectivity index (χ4n) is 2.86. The molecule has 2 atom stereocenters. The molecule has 1 aliphatic rings. The number of ether oxygens (including phenoxy) is 3. The number of hydrogen-bond donors (Lipinski definition) is 0. The Bertz CT molecular complexity index is 821. The summed E-state index contributed by atoms with van der Waals surface area (Å²) >= 11 is 0. The second-order valence-electron chi connectivity index (χ2n) is 6.24. The molecule has 1 saturated heterocycles. The van der Waals surface area contributed by atoms with E-state index in [4.69, 9.17) is 14.2 Å². The molecular formula is C18H19F3N2O4. The lowest BCUT2D eigenvalue weighted by atomic mass is 9.96. The number of epoxide rings is 1. The lowest BCUT2D eigenvalue weighted by Crippen LogP contribution is -2.21. The standard InChI is InChI=1S/C18H19F3N2O4/c1-3-25-16(24)15-17(2,27-15)13-6-4-5-7-14(13)26-10-12-8-9-22-23(12)11-18(19,20)21/h4-9,15H,3,10-11H2,1-2H3. The topological polar surface area (TPSA) is 65.9 Å². The number of halogens is 3. The van der Waals surface area contributed by atoms with Crippen molar-refractivity contribution < 1.29 is 32.2 Å². The van der Waals surface area contributed by atoms with Gasteiger partial charge in [0.1, 0.15) is 24.5 Å². The Morgan fingerprint density at radius 1 is 1.33 bits per heavy atom. The largest absolute Gasteiger partial charge is 0.487 e. The van der Waals surface area contributed by atoms with Crippen molar-refractivity contribution in [1.82, 2.24) is 9.78 Å². The summed E-state index contributed by atoms with van der Waals surface area (Å²) in [5.41, 5.74) is 0.0191. The van der Waals surface area contributed by atoms with Gasteiger partial charge in [-0.25, -0.2) is 4.79 Å². The van der Waals surface area contributed by atoms with Gasteiger partial charge in [-0.2, -0.15) is 18.3 Å². The lowest BCUT2D eigenvalue weighted by molar-refractivity contribution is -0.145. The van der Waals surface area contributed by atoms with Gasteiger partial charge in [0.05, 0.1) is 12.3 Å². The third-order valence-electron chi connectivity index (χ3n) is 4.24. The number of benzene rings is 1. The van der Waals surface area contributed by atoms with Gasteiger partial charge in [0.2, 0.25) is 0 Å². The predicted molar refractivity (Wildman–Crippen MR) is 87.9 cm³/mol. The van der Waals surface area contributed by atoms with E-state index in [1.807, 2.05) is 0 Å². The molecule has 1 aromatic heterocycles. The van der Waals surface area contributed by atoms with Gasteiger partial charge in [-0.05, 0) is 26.0 Å². The molecule has 0 amide bonds. The van der Waals surface area contributed by atoms with Crippen LogP contribution in [0.25, 0.3) is 0 Å². The van der Waals surface area contributed by atoms with Crippen LogP contribution in [-0.4, -0.2) is 34.6 Å². The Kier molecular flexibility index (Phi) is 5.14. The normalized spacial score (nSPS) is 21.7. The van der Waals surface area contributed by atoms with Gasteiger partial charge < -0.3 is 14.2 Å². The average molecular weight is 384 g/mol. The van der Waals surface area contributed by atoms with Gasteiger partial charge in [-0.3, -0.25) is 4.68 Å². The van der Waals surface area contributed by atoms with Gasteiger partial charge in [0.25, 0.3) is 0 Å². The minimum absolute atomic E-state index is 0.104. The molecule has 0 bridgehead atoms. The number of esters is 1. The SMILES string of the molecule is CCOC(=O)C1OC1(C)c1ccccc1OCc1ccnn1CC(F)(F)F. The van der Waals surface area contributed by atoms with Crippen molar-refractivity contribution in [2.45, 2.75) is 44.9 Å². The minimum atomic E-state index is -4.37. The summed E-state index contributed by atoms with van der Waals surface area (Å²) in [6, 6.07) is 8.39. The molecule has 0 radical (unpaired) electrons. The van der Waals surface area contributed by atoms with Crippen molar-refractivity contribution in [1.29, 1.82) is 0 Å². The van der Waals surface area contributed by atoms with Crippen molar-refractivity contribution in [3.05, 3.63) is 47.8 Å². The molecule has 6 nitrogen and oxygen atoms in total. The maximum Gasteiger partial charge on any atom is 0.408 e. The number of aromatic nitrogens is 2. The van der Waals surface area contributed by atoms with Crippen LogP contribution >= 0.6 is 0 Å². The van der Waals surface area contributed by atoms with E-state index in [2.05, 4.69) is 5.10 Å². The van der Waals surface area contributed by atoms with Gasteiger partial charge >= 0.3 is 12.1 Å². The van der Waals surface area contributed by atoms with Crippen LogP contribution in [0.3, 0.4) is 0 Å².